The minimum atomic E-state index is -3.68. The molecule has 1 aliphatic heterocycles. The van der Waals surface area contributed by atoms with Crippen molar-refractivity contribution in [3.8, 4) is 5.75 Å². The summed E-state index contributed by atoms with van der Waals surface area (Å²) in [4.78, 5) is 18.4. The highest BCUT2D eigenvalue weighted by Gasteiger charge is 2.32. The minimum absolute atomic E-state index is 0.0369. The van der Waals surface area contributed by atoms with Gasteiger partial charge in [-0.15, -0.1) is 0 Å². The van der Waals surface area contributed by atoms with Crippen molar-refractivity contribution < 1.29 is 22.5 Å². The lowest BCUT2D eigenvalue weighted by Gasteiger charge is -2.29. The topological polar surface area (TPSA) is 115 Å². The Morgan fingerprint density at radius 3 is 2.72 bits per heavy atom. The molecule has 154 valence electrons. The second-order valence-electron chi connectivity index (χ2n) is 7.82. The van der Waals surface area contributed by atoms with Crippen LogP contribution in [0.5, 0.6) is 5.75 Å². The zero-order chi connectivity index (χ0) is 20.0. The highest BCUT2D eigenvalue weighted by molar-refractivity contribution is 7.89. The third-order valence-corrected chi connectivity index (χ3v) is 7.09. The highest BCUT2D eigenvalue weighted by atomic mass is 32.2. The number of carbonyl (C=O) groups excluding carboxylic acids is 1. The Morgan fingerprint density at radius 2 is 1.97 bits per heavy atom. The lowest BCUT2D eigenvalue weighted by molar-refractivity contribution is -0.121. The minimum Gasteiger partial charge on any atom is -0.482 e. The predicted molar refractivity (Wildman–Crippen MR) is 102 cm³/mol. The van der Waals surface area contributed by atoms with Crippen LogP contribution in [0.4, 0.5) is 5.69 Å². The number of fused-ring (bicyclic) bond motifs is 1. The fraction of sp³-hybridized carbons (Fsp3) is 0.526. The molecule has 0 unspecified atom stereocenters. The number of ether oxygens (including phenoxy) is 1. The summed E-state index contributed by atoms with van der Waals surface area (Å²) in [6, 6.07) is 4.53. The molecule has 0 spiro atoms. The lowest BCUT2D eigenvalue weighted by Crippen LogP contribution is -2.39. The summed E-state index contributed by atoms with van der Waals surface area (Å²) < 4.78 is 39.1. The molecule has 29 heavy (non-hydrogen) atoms. The van der Waals surface area contributed by atoms with Crippen LogP contribution in [0.1, 0.15) is 56.2 Å². The maximum absolute atomic E-state index is 12.8. The van der Waals surface area contributed by atoms with Gasteiger partial charge in [-0.05, 0) is 43.9 Å². The fourth-order valence-corrected chi connectivity index (χ4v) is 5.15. The van der Waals surface area contributed by atoms with Gasteiger partial charge in [-0.3, -0.25) is 9.69 Å². The summed E-state index contributed by atoms with van der Waals surface area (Å²) in [6.07, 6.45) is 5.83. The van der Waals surface area contributed by atoms with Crippen molar-refractivity contribution in [3.63, 3.8) is 0 Å². The van der Waals surface area contributed by atoms with Crippen molar-refractivity contribution in [2.24, 2.45) is 0 Å². The molecule has 10 heteroatoms. The molecule has 2 aromatic rings. The van der Waals surface area contributed by atoms with Crippen LogP contribution in [0.3, 0.4) is 0 Å². The maximum atomic E-state index is 12.8. The van der Waals surface area contributed by atoms with Crippen LogP contribution < -0.4 is 14.4 Å². The molecule has 9 nitrogen and oxygen atoms in total. The predicted octanol–water partition coefficient (Wildman–Crippen LogP) is 2.09. The van der Waals surface area contributed by atoms with Crippen LogP contribution in [0.2, 0.25) is 0 Å². The van der Waals surface area contributed by atoms with E-state index in [-0.39, 0.29) is 30.0 Å². The Balaban J connectivity index is 1.42. The molecule has 2 fully saturated rings. The fourth-order valence-electron chi connectivity index (χ4n) is 3.82. The smallest absolute Gasteiger partial charge is 0.265 e. The molecular weight excluding hydrogens is 396 g/mol. The Morgan fingerprint density at radius 1 is 1.17 bits per heavy atom. The molecule has 0 saturated heterocycles. The van der Waals surface area contributed by atoms with Gasteiger partial charge in [0.1, 0.15) is 5.75 Å². The summed E-state index contributed by atoms with van der Waals surface area (Å²) in [7, 11) is -3.68. The van der Waals surface area contributed by atoms with Gasteiger partial charge in [0.2, 0.25) is 15.9 Å². The number of benzene rings is 1. The molecule has 1 amide bonds. The second-order valence-corrected chi connectivity index (χ2v) is 9.54. The number of nitrogens with one attached hydrogen (secondary N) is 1. The monoisotopic (exact) mass is 418 g/mol. The average Bonchev–Trinajstić information content (AvgIpc) is 3.23. The molecular formula is C19H22N4O5S. The largest absolute Gasteiger partial charge is 0.482 e. The first-order chi connectivity index (χ1) is 14.0. The summed E-state index contributed by atoms with van der Waals surface area (Å²) in [5.41, 5.74) is 0.397. The number of carbonyl (C=O) groups is 1. The molecule has 5 rings (SSSR count). The van der Waals surface area contributed by atoms with Crippen molar-refractivity contribution in [2.75, 3.05) is 11.5 Å². The first-order valence-electron chi connectivity index (χ1n) is 9.91. The Hall–Kier alpha value is -2.46. The van der Waals surface area contributed by atoms with E-state index in [1.54, 1.807) is 6.07 Å². The van der Waals surface area contributed by atoms with Crippen molar-refractivity contribution in [2.45, 2.75) is 61.9 Å². The van der Waals surface area contributed by atoms with Crippen LogP contribution in [-0.2, 0) is 21.4 Å². The van der Waals surface area contributed by atoms with Crippen LogP contribution in [-0.4, -0.2) is 37.1 Å². The van der Waals surface area contributed by atoms with E-state index in [0.717, 1.165) is 38.5 Å². The number of hydrogen-bond acceptors (Lipinski definition) is 7. The van der Waals surface area contributed by atoms with Gasteiger partial charge in [0.05, 0.1) is 17.1 Å². The zero-order valence-electron chi connectivity index (χ0n) is 15.8. The van der Waals surface area contributed by atoms with E-state index < -0.39 is 10.0 Å². The molecule has 2 heterocycles. The highest BCUT2D eigenvalue weighted by Crippen LogP contribution is 2.39. The van der Waals surface area contributed by atoms with Gasteiger partial charge < -0.3 is 9.26 Å². The van der Waals surface area contributed by atoms with Gasteiger partial charge in [0.15, 0.2) is 12.4 Å². The summed E-state index contributed by atoms with van der Waals surface area (Å²) >= 11 is 0. The Labute approximate surface area is 168 Å². The molecule has 1 N–H and O–H groups in total. The van der Waals surface area contributed by atoms with Crippen LogP contribution >= 0.6 is 0 Å². The van der Waals surface area contributed by atoms with Gasteiger partial charge in [-0.1, -0.05) is 18.0 Å². The van der Waals surface area contributed by atoms with Gasteiger partial charge in [0.25, 0.3) is 5.91 Å². The molecule has 2 aliphatic carbocycles. The summed E-state index contributed by atoms with van der Waals surface area (Å²) in [5, 5.41) is 3.97. The number of sulfonamides is 1. The number of nitrogens with zero attached hydrogens (tertiary/aromatic N) is 3. The quantitative estimate of drug-likeness (QED) is 0.764. The molecule has 0 radical (unpaired) electrons. The van der Waals surface area contributed by atoms with Gasteiger partial charge in [0, 0.05) is 12.0 Å². The van der Waals surface area contributed by atoms with Crippen molar-refractivity contribution >= 4 is 21.6 Å². The van der Waals surface area contributed by atoms with E-state index in [0.29, 0.717) is 29.1 Å². The molecule has 1 aromatic heterocycles. The lowest BCUT2D eigenvalue weighted by atomic mass is 10.2. The first kappa shape index (κ1) is 18.6. The summed E-state index contributed by atoms with van der Waals surface area (Å²) in [5.74, 6) is 1.48. The molecule has 2 saturated carbocycles. The third-order valence-electron chi connectivity index (χ3n) is 5.57. The van der Waals surface area contributed by atoms with Gasteiger partial charge in [-0.25, -0.2) is 13.1 Å². The SMILES string of the molecule is O=C1COc2ccc(S(=O)(=O)NC3CCCC3)cc2N1Cc1noc(C2CC2)n1. The maximum Gasteiger partial charge on any atom is 0.265 e. The third kappa shape index (κ3) is 3.74. The standard InChI is InChI=1S/C19H22N4O5S/c24-18-11-27-16-8-7-14(29(25,26)22-13-3-1-2-4-13)9-15(16)23(18)10-17-20-19(28-21-17)12-5-6-12/h7-9,12-13,22H,1-6,10-11H2. The number of hydrogen-bond donors (Lipinski definition) is 1. The van der Waals surface area contributed by atoms with Gasteiger partial charge in [-0.2, -0.15) is 4.98 Å². The molecule has 0 bridgehead atoms. The van der Waals surface area contributed by atoms with Crippen molar-refractivity contribution in [1.82, 2.24) is 14.9 Å². The zero-order valence-corrected chi connectivity index (χ0v) is 16.7. The van der Waals surface area contributed by atoms with E-state index in [1.165, 1.54) is 17.0 Å². The summed E-state index contributed by atoms with van der Waals surface area (Å²) in [6.45, 7) is -0.0161. The van der Waals surface area contributed by atoms with Crippen LogP contribution in [0.25, 0.3) is 0 Å². The second kappa shape index (κ2) is 7.10. The Kier molecular flexibility index (Phi) is 4.54. The number of rotatable bonds is 6. The van der Waals surface area contributed by atoms with E-state index in [2.05, 4.69) is 14.9 Å². The molecule has 1 aromatic carbocycles. The average molecular weight is 418 g/mol. The normalized spacial score (nSPS) is 20.0. The Bertz CT molecular complexity index is 1040. The van der Waals surface area contributed by atoms with Crippen LogP contribution in [0, 0.1) is 0 Å². The number of aromatic nitrogens is 2. The van der Waals surface area contributed by atoms with E-state index in [4.69, 9.17) is 9.26 Å². The van der Waals surface area contributed by atoms with E-state index in [1.807, 2.05) is 0 Å². The van der Waals surface area contributed by atoms with Crippen molar-refractivity contribution in [3.05, 3.63) is 29.9 Å². The van der Waals surface area contributed by atoms with Gasteiger partial charge >= 0.3 is 0 Å². The number of anilines is 1. The van der Waals surface area contributed by atoms with Crippen molar-refractivity contribution in [1.29, 1.82) is 0 Å². The molecule has 0 atom stereocenters. The molecule has 3 aliphatic rings. The van der Waals surface area contributed by atoms with E-state index >= 15 is 0 Å². The van der Waals surface area contributed by atoms with Crippen LogP contribution in [0.15, 0.2) is 27.6 Å². The number of amides is 1. The first-order valence-corrected chi connectivity index (χ1v) is 11.4. The van der Waals surface area contributed by atoms with E-state index in [9.17, 15) is 13.2 Å².